The van der Waals surface area contributed by atoms with Crippen LogP contribution >= 0.6 is 0 Å². The molecule has 2 N–H and O–H groups in total. The van der Waals surface area contributed by atoms with E-state index in [2.05, 4.69) is 15.6 Å². The van der Waals surface area contributed by atoms with Crippen LogP contribution in [-0.2, 0) is 0 Å². The van der Waals surface area contributed by atoms with Gasteiger partial charge in [0.15, 0.2) is 0 Å². The van der Waals surface area contributed by atoms with Gasteiger partial charge in [0.2, 0.25) is 0 Å². The molecule has 1 unspecified atom stereocenters. The van der Waals surface area contributed by atoms with Crippen LogP contribution in [0.4, 0.5) is 5.69 Å². The first kappa shape index (κ1) is 10.4. The Balaban J connectivity index is 1.88. The smallest absolute Gasteiger partial charge is 0.124 e. The molecule has 0 saturated heterocycles. The van der Waals surface area contributed by atoms with E-state index >= 15 is 0 Å². The van der Waals surface area contributed by atoms with Gasteiger partial charge in [0.05, 0.1) is 23.4 Å². The maximum absolute atomic E-state index is 5.79. The molecule has 1 aliphatic heterocycles. The van der Waals surface area contributed by atoms with Crippen molar-refractivity contribution in [2.45, 2.75) is 6.04 Å². The van der Waals surface area contributed by atoms with E-state index in [9.17, 15) is 0 Å². The number of aromatic nitrogens is 2. The van der Waals surface area contributed by atoms with Crippen LogP contribution in [-0.4, -0.2) is 16.2 Å². The summed E-state index contributed by atoms with van der Waals surface area (Å²) in [6, 6.07) is 14.1. The van der Waals surface area contributed by atoms with Crippen molar-refractivity contribution in [3.05, 3.63) is 54.4 Å². The molecule has 94 valence electrons. The molecule has 0 bridgehead atoms. The Labute approximate surface area is 110 Å². The Morgan fingerprint density at radius 3 is 3.05 bits per heavy atom. The second kappa shape index (κ2) is 3.75. The molecule has 1 aliphatic rings. The summed E-state index contributed by atoms with van der Waals surface area (Å²) < 4.78 is 7.89. The molecule has 0 amide bonds. The van der Waals surface area contributed by atoms with Crippen LogP contribution in [0, 0.1) is 0 Å². The first-order valence-electron chi connectivity index (χ1n) is 6.27. The molecular formula is C15H13N3O. The van der Waals surface area contributed by atoms with E-state index in [-0.39, 0.29) is 6.04 Å². The van der Waals surface area contributed by atoms with Crippen LogP contribution < -0.4 is 10.5 Å². The minimum atomic E-state index is 0.185. The number of ether oxygens (including phenoxy) is 1. The van der Waals surface area contributed by atoms with Gasteiger partial charge >= 0.3 is 0 Å². The van der Waals surface area contributed by atoms with Gasteiger partial charge in [0, 0.05) is 11.3 Å². The molecule has 1 atom stereocenters. The molecule has 0 aliphatic carbocycles. The van der Waals surface area contributed by atoms with Crippen LogP contribution in [0.15, 0.2) is 48.8 Å². The standard InChI is InChI=1S/C15H13N3O/c16-10-5-6-13-12(7-10)17-9-18(13)14-8-19-15-4-2-1-3-11(14)15/h1-7,9,14H,8,16H2. The van der Waals surface area contributed by atoms with Crippen molar-refractivity contribution >= 4 is 16.7 Å². The number of fused-ring (bicyclic) bond motifs is 2. The molecular weight excluding hydrogens is 238 g/mol. The van der Waals surface area contributed by atoms with E-state index in [1.54, 1.807) is 0 Å². The van der Waals surface area contributed by atoms with E-state index in [1.165, 1.54) is 5.56 Å². The molecule has 19 heavy (non-hydrogen) atoms. The average Bonchev–Trinajstić information content (AvgIpc) is 3.01. The molecule has 3 aromatic rings. The van der Waals surface area contributed by atoms with Crippen molar-refractivity contribution in [3.63, 3.8) is 0 Å². The van der Waals surface area contributed by atoms with Gasteiger partial charge in [-0.1, -0.05) is 18.2 Å². The normalized spacial score (nSPS) is 17.4. The highest BCUT2D eigenvalue weighted by Crippen LogP contribution is 2.36. The van der Waals surface area contributed by atoms with Crippen LogP contribution in [0.25, 0.3) is 11.0 Å². The Morgan fingerprint density at radius 2 is 2.11 bits per heavy atom. The Bertz CT molecular complexity index is 763. The summed E-state index contributed by atoms with van der Waals surface area (Å²) in [5, 5.41) is 0. The number of anilines is 1. The van der Waals surface area contributed by atoms with Gasteiger partial charge in [-0.2, -0.15) is 0 Å². The number of para-hydroxylation sites is 1. The maximum atomic E-state index is 5.79. The molecule has 4 heteroatoms. The summed E-state index contributed by atoms with van der Waals surface area (Å²) in [5.41, 5.74) is 9.74. The molecule has 0 radical (unpaired) electrons. The predicted molar refractivity (Wildman–Crippen MR) is 74.2 cm³/mol. The molecule has 2 heterocycles. The van der Waals surface area contributed by atoms with Gasteiger partial charge in [-0.05, 0) is 24.3 Å². The lowest BCUT2D eigenvalue weighted by molar-refractivity contribution is 0.319. The summed E-state index contributed by atoms with van der Waals surface area (Å²) >= 11 is 0. The van der Waals surface area contributed by atoms with Crippen LogP contribution in [0.3, 0.4) is 0 Å². The minimum absolute atomic E-state index is 0.185. The summed E-state index contributed by atoms with van der Waals surface area (Å²) in [7, 11) is 0. The number of hydrogen-bond donors (Lipinski definition) is 1. The summed E-state index contributed by atoms with van der Waals surface area (Å²) in [5.74, 6) is 0.963. The number of nitrogen functional groups attached to an aromatic ring is 1. The number of nitrogens with zero attached hydrogens (tertiary/aromatic N) is 2. The molecule has 0 spiro atoms. The molecule has 4 nitrogen and oxygen atoms in total. The first-order valence-corrected chi connectivity index (χ1v) is 6.27. The van der Waals surface area contributed by atoms with Crippen LogP contribution in [0.2, 0.25) is 0 Å². The third-order valence-corrected chi connectivity index (χ3v) is 3.61. The molecule has 0 saturated carbocycles. The zero-order chi connectivity index (χ0) is 12.8. The van der Waals surface area contributed by atoms with E-state index < -0.39 is 0 Å². The zero-order valence-electron chi connectivity index (χ0n) is 10.3. The largest absolute Gasteiger partial charge is 0.491 e. The second-order valence-corrected chi connectivity index (χ2v) is 4.76. The highest BCUT2D eigenvalue weighted by atomic mass is 16.5. The monoisotopic (exact) mass is 251 g/mol. The fourth-order valence-electron chi connectivity index (χ4n) is 2.67. The fraction of sp³-hybridized carbons (Fsp3) is 0.133. The third-order valence-electron chi connectivity index (χ3n) is 3.61. The highest BCUT2D eigenvalue weighted by Gasteiger charge is 2.26. The summed E-state index contributed by atoms with van der Waals surface area (Å²) in [6.07, 6.45) is 1.86. The van der Waals surface area contributed by atoms with Gasteiger partial charge in [-0.3, -0.25) is 0 Å². The lowest BCUT2D eigenvalue weighted by Gasteiger charge is -2.12. The van der Waals surface area contributed by atoms with Crippen molar-refractivity contribution in [1.29, 1.82) is 0 Å². The van der Waals surface area contributed by atoms with Gasteiger partial charge < -0.3 is 15.0 Å². The zero-order valence-corrected chi connectivity index (χ0v) is 10.3. The van der Waals surface area contributed by atoms with Crippen molar-refractivity contribution < 1.29 is 4.74 Å². The minimum Gasteiger partial charge on any atom is -0.491 e. The summed E-state index contributed by atoms with van der Waals surface area (Å²) in [4.78, 5) is 4.42. The topological polar surface area (TPSA) is 53.1 Å². The van der Waals surface area contributed by atoms with Crippen LogP contribution in [0.5, 0.6) is 5.75 Å². The van der Waals surface area contributed by atoms with Gasteiger partial charge in [0.25, 0.3) is 0 Å². The highest BCUT2D eigenvalue weighted by molar-refractivity contribution is 5.79. The number of imidazole rings is 1. The lowest BCUT2D eigenvalue weighted by Crippen LogP contribution is -2.10. The lowest BCUT2D eigenvalue weighted by atomic mass is 10.1. The number of benzene rings is 2. The van der Waals surface area contributed by atoms with Gasteiger partial charge in [0.1, 0.15) is 12.4 Å². The van der Waals surface area contributed by atoms with Gasteiger partial charge in [-0.15, -0.1) is 0 Å². The van der Waals surface area contributed by atoms with Crippen molar-refractivity contribution in [2.75, 3.05) is 12.3 Å². The average molecular weight is 251 g/mol. The van der Waals surface area contributed by atoms with Crippen molar-refractivity contribution in [3.8, 4) is 5.75 Å². The van der Waals surface area contributed by atoms with Crippen molar-refractivity contribution in [1.82, 2.24) is 9.55 Å². The van der Waals surface area contributed by atoms with Gasteiger partial charge in [-0.25, -0.2) is 4.98 Å². The van der Waals surface area contributed by atoms with E-state index in [4.69, 9.17) is 10.5 Å². The number of rotatable bonds is 1. The van der Waals surface area contributed by atoms with E-state index in [1.807, 2.05) is 42.7 Å². The Morgan fingerprint density at radius 1 is 1.21 bits per heavy atom. The quantitative estimate of drug-likeness (QED) is 0.676. The Kier molecular flexibility index (Phi) is 2.06. The fourth-order valence-corrected chi connectivity index (χ4v) is 2.67. The summed E-state index contributed by atoms with van der Waals surface area (Å²) in [6.45, 7) is 0.648. The molecule has 2 aromatic carbocycles. The molecule has 0 fully saturated rings. The van der Waals surface area contributed by atoms with Crippen molar-refractivity contribution in [2.24, 2.45) is 0 Å². The molecule has 4 rings (SSSR count). The number of nitrogens with two attached hydrogens (primary N) is 1. The van der Waals surface area contributed by atoms with E-state index in [0.717, 1.165) is 22.5 Å². The van der Waals surface area contributed by atoms with E-state index in [0.29, 0.717) is 6.61 Å². The Hall–Kier alpha value is -2.49. The predicted octanol–water partition coefficient (Wildman–Crippen LogP) is 2.60. The molecule has 1 aromatic heterocycles. The maximum Gasteiger partial charge on any atom is 0.124 e. The van der Waals surface area contributed by atoms with Crippen LogP contribution in [0.1, 0.15) is 11.6 Å². The number of hydrogen-bond acceptors (Lipinski definition) is 3. The SMILES string of the molecule is Nc1ccc2c(c1)ncn2C1COc2ccccc21. The third kappa shape index (κ3) is 1.50. The first-order chi connectivity index (χ1) is 9.33. The second-order valence-electron chi connectivity index (χ2n) is 4.76.